The molecule has 0 bridgehead atoms. The van der Waals surface area contributed by atoms with E-state index in [1.165, 1.54) is 11.5 Å². The fraction of sp³-hybridized carbons (Fsp3) is 0.824. The maximum absolute atomic E-state index is 12.2. The SMILES string of the molecule is CCNC(=NCCS(=O)C(C)(C)C)N1CCN(c2nc(CC)ns2)CC1.I. The van der Waals surface area contributed by atoms with E-state index >= 15 is 0 Å². The van der Waals surface area contributed by atoms with Crippen molar-refractivity contribution in [1.29, 1.82) is 0 Å². The average Bonchev–Trinajstić information content (AvgIpc) is 3.09. The lowest BCUT2D eigenvalue weighted by molar-refractivity contribution is 0.372. The second kappa shape index (κ2) is 11.5. The predicted molar refractivity (Wildman–Crippen MR) is 127 cm³/mol. The molecule has 27 heavy (non-hydrogen) atoms. The summed E-state index contributed by atoms with van der Waals surface area (Å²) in [4.78, 5) is 13.9. The summed E-state index contributed by atoms with van der Waals surface area (Å²) in [5.41, 5.74) is 0. The number of nitrogens with one attached hydrogen (secondary N) is 1. The van der Waals surface area contributed by atoms with E-state index in [0.29, 0.717) is 12.3 Å². The minimum absolute atomic E-state index is 0. The fourth-order valence-corrected chi connectivity index (χ4v) is 4.26. The van der Waals surface area contributed by atoms with Crippen LogP contribution < -0.4 is 10.2 Å². The summed E-state index contributed by atoms with van der Waals surface area (Å²) in [5.74, 6) is 2.45. The van der Waals surface area contributed by atoms with Gasteiger partial charge in [-0.2, -0.15) is 4.37 Å². The lowest BCUT2D eigenvalue weighted by atomic mass is 10.3. The van der Waals surface area contributed by atoms with Crippen molar-refractivity contribution >= 4 is 57.4 Å². The zero-order valence-corrected chi connectivity index (χ0v) is 21.0. The van der Waals surface area contributed by atoms with Gasteiger partial charge in [-0.25, -0.2) is 4.98 Å². The van der Waals surface area contributed by atoms with Crippen molar-refractivity contribution in [3.8, 4) is 0 Å². The van der Waals surface area contributed by atoms with Gasteiger partial charge < -0.3 is 15.1 Å². The van der Waals surface area contributed by atoms with Crippen molar-refractivity contribution in [2.75, 3.05) is 49.9 Å². The highest BCUT2D eigenvalue weighted by Crippen LogP contribution is 2.19. The number of aliphatic imine (C=N–C) groups is 1. The van der Waals surface area contributed by atoms with Crippen LogP contribution in [-0.4, -0.2) is 74.2 Å². The summed E-state index contributed by atoms with van der Waals surface area (Å²) >= 11 is 1.49. The summed E-state index contributed by atoms with van der Waals surface area (Å²) in [5, 5.41) is 4.38. The Morgan fingerprint density at radius 2 is 1.93 bits per heavy atom. The molecule has 2 rings (SSSR count). The topological polar surface area (TPSA) is 73.7 Å². The van der Waals surface area contributed by atoms with E-state index in [2.05, 4.69) is 38.3 Å². The van der Waals surface area contributed by atoms with Crippen LogP contribution in [0.3, 0.4) is 0 Å². The number of hydrogen-bond acceptors (Lipinski definition) is 6. The molecule has 7 nitrogen and oxygen atoms in total. The number of aromatic nitrogens is 2. The van der Waals surface area contributed by atoms with Gasteiger partial charge in [0.15, 0.2) is 5.96 Å². The lowest BCUT2D eigenvalue weighted by Crippen LogP contribution is -2.52. The first-order valence-electron chi connectivity index (χ1n) is 9.34. The lowest BCUT2D eigenvalue weighted by Gasteiger charge is -2.36. The Labute approximate surface area is 187 Å². The normalized spacial score (nSPS) is 16.9. The number of aryl methyl sites for hydroxylation is 1. The molecule has 156 valence electrons. The van der Waals surface area contributed by atoms with Gasteiger partial charge in [-0.15, -0.1) is 24.0 Å². The molecule has 0 spiro atoms. The second-order valence-electron chi connectivity index (χ2n) is 7.22. The summed E-state index contributed by atoms with van der Waals surface area (Å²) in [6, 6.07) is 0. The Kier molecular flexibility index (Phi) is 10.5. The van der Waals surface area contributed by atoms with Crippen LogP contribution in [0, 0.1) is 0 Å². The molecule has 1 aromatic rings. The van der Waals surface area contributed by atoms with Gasteiger partial charge in [0, 0.05) is 72.0 Å². The maximum atomic E-state index is 12.2. The number of anilines is 1. The minimum atomic E-state index is -0.867. The number of guanidine groups is 1. The molecule has 1 aliphatic rings. The van der Waals surface area contributed by atoms with Crippen LogP contribution in [0.15, 0.2) is 4.99 Å². The molecule has 0 saturated carbocycles. The quantitative estimate of drug-likeness (QED) is 0.347. The molecule has 1 aliphatic heterocycles. The third kappa shape index (κ3) is 7.45. The Morgan fingerprint density at radius 3 is 2.44 bits per heavy atom. The van der Waals surface area contributed by atoms with Crippen molar-refractivity contribution in [1.82, 2.24) is 19.6 Å². The molecule has 1 atom stereocenters. The Balaban J connectivity index is 0.00000364. The summed E-state index contributed by atoms with van der Waals surface area (Å²) in [7, 11) is -0.867. The number of hydrogen-bond donors (Lipinski definition) is 1. The zero-order chi connectivity index (χ0) is 19.2. The highest BCUT2D eigenvalue weighted by molar-refractivity contribution is 14.0. The number of piperazine rings is 1. The number of halogens is 1. The molecule has 10 heteroatoms. The van der Waals surface area contributed by atoms with E-state index in [1.54, 1.807) is 0 Å². The van der Waals surface area contributed by atoms with Gasteiger partial charge in [0.25, 0.3) is 0 Å². The molecule has 0 aromatic carbocycles. The second-order valence-corrected chi connectivity index (χ2v) is 10.3. The van der Waals surface area contributed by atoms with E-state index in [0.717, 1.165) is 56.1 Å². The molecule has 0 aliphatic carbocycles. The van der Waals surface area contributed by atoms with Gasteiger partial charge in [0.05, 0.1) is 6.54 Å². The van der Waals surface area contributed by atoms with Gasteiger partial charge >= 0.3 is 0 Å². The van der Waals surface area contributed by atoms with Crippen molar-refractivity contribution in [3.63, 3.8) is 0 Å². The van der Waals surface area contributed by atoms with Gasteiger partial charge in [-0.3, -0.25) is 9.20 Å². The fourth-order valence-electron chi connectivity index (χ4n) is 2.59. The van der Waals surface area contributed by atoms with Crippen LogP contribution in [0.5, 0.6) is 0 Å². The maximum Gasteiger partial charge on any atom is 0.205 e. The molecule has 1 fully saturated rings. The molecule has 0 amide bonds. The highest BCUT2D eigenvalue weighted by atomic mass is 127. The van der Waals surface area contributed by atoms with E-state index in [4.69, 9.17) is 4.99 Å². The monoisotopic (exact) mass is 528 g/mol. The van der Waals surface area contributed by atoms with Crippen LogP contribution in [0.25, 0.3) is 0 Å². The first kappa shape index (κ1) is 24.5. The van der Waals surface area contributed by atoms with Gasteiger partial charge in [0.2, 0.25) is 5.13 Å². The van der Waals surface area contributed by atoms with E-state index in [9.17, 15) is 4.21 Å². The minimum Gasteiger partial charge on any atom is -0.357 e. The van der Waals surface area contributed by atoms with Crippen LogP contribution in [-0.2, 0) is 17.2 Å². The predicted octanol–water partition coefficient (Wildman–Crippen LogP) is 2.35. The Hall–Kier alpha value is -0.490. The van der Waals surface area contributed by atoms with Crippen LogP contribution in [0.1, 0.15) is 40.4 Å². The van der Waals surface area contributed by atoms with Crippen molar-refractivity contribution in [2.24, 2.45) is 4.99 Å². The molecular weight excluding hydrogens is 495 g/mol. The van der Waals surface area contributed by atoms with Crippen LogP contribution >= 0.6 is 35.5 Å². The Bertz CT molecular complexity index is 623. The first-order chi connectivity index (χ1) is 12.3. The molecule has 1 unspecified atom stereocenters. The third-order valence-electron chi connectivity index (χ3n) is 4.18. The number of rotatable bonds is 6. The molecule has 1 saturated heterocycles. The smallest absolute Gasteiger partial charge is 0.205 e. The zero-order valence-electron chi connectivity index (χ0n) is 17.0. The van der Waals surface area contributed by atoms with Crippen LogP contribution in [0.2, 0.25) is 0 Å². The van der Waals surface area contributed by atoms with E-state index < -0.39 is 10.8 Å². The summed E-state index contributed by atoms with van der Waals surface area (Å²) < 4.78 is 16.4. The average molecular weight is 529 g/mol. The molecule has 1 aromatic heterocycles. The van der Waals surface area contributed by atoms with Gasteiger partial charge in [0.1, 0.15) is 5.82 Å². The highest BCUT2D eigenvalue weighted by Gasteiger charge is 2.22. The largest absolute Gasteiger partial charge is 0.357 e. The van der Waals surface area contributed by atoms with Gasteiger partial charge in [-0.05, 0) is 27.7 Å². The Morgan fingerprint density at radius 1 is 1.26 bits per heavy atom. The first-order valence-corrected chi connectivity index (χ1v) is 11.4. The molecule has 2 heterocycles. The van der Waals surface area contributed by atoms with Crippen molar-refractivity contribution in [3.05, 3.63) is 5.82 Å². The molecule has 0 radical (unpaired) electrons. The third-order valence-corrected chi connectivity index (χ3v) is 6.91. The summed E-state index contributed by atoms with van der Waals surface area (Å²) in [6.45, 7) is 15.2. The van der Waals surface area contributed by atoms with Crippen molar-refractivity contribution < 1.29 is 4.21 Å². The van der Waals surface area contributed by atoms with Crippen molar-refractivity contribution in [2.45, 2.75) is 45.8 Å². The van der Waals surface area contributed by atoms with Crippen LogP contribution in [0.4, 0.5) is 5.13 Å². The van der Waals surface area contributed by atoms with E-state index in [1.807, 2.05) is 20.8 Å². The summed E-state index contributed by atoms with van der Waals surface area (Å²) in [6.07, 6.45) is 0.879. The number of nitrogens with zero attached hydrogens (tertiary/aromatic N) is 5. The van der Waals surface area contributed by atoms with E-state index in [-0.39, 0.29) is 28.7 Å². The van der Waals surface area contributed by atoms with Gasteiger partial charge in [-0.1, -0.05) is 6.92 Å². The molecular formula is C17H33IN6OS2. The molecule has 1 N–H and O–H groups in total. The standard InChI is InChI=1S/C17H32N6OS2.HI/c1-6-14-20-16(25-21-14)23-11-9-22(10-12-23)15(18-7-2)19-8-13-26(24)17(3,4)5;/h6-13H2,1-5H3,(H,18,19);1H.